The summed E-state index contributed by atoms with van der Waals surface area (Å²) in [7, 11) is -2.06. The first kappa shape index (κ1) is 16.3. The fourth-order valence-corrected chi connectivity index (χ4v) is 24.0. The molecule has 0 aromatic heterocycles. The normalized spacial score (nSPS) is 15.0. The molecule has 0 atom stereocenters. The van der Waals surface area contributed by atoms with Gasteiger partial charge in [0.15, 0.2) is 0 Å². The van der Waals surface area contributed by atoms with E-state index in [1.165, 1.54) is 0 Å². The molecule has 1 radical (unpaired) electrons. The zero-order valence-electron chi connectivity index (χ0n) is 8.39. The Morgan fingerprint density at radius 3 is 1.50 bits per heavy atom. The van der Waals surface area contributed by atoms with Crippen LogP contribution in [0.4, 0.5) is 0 Å². The lowest BCUT2D eigenvalue weighted by molar-refractivity contribution is 1.46. The summed E-state index contributed by atoms with van der Waals surface area (Å²) in [6.07, 6.45) is -2.89. The number of halogens is 5. The van der Waals surface area contributed by atoms with Gasteiger partial charge in [0.25, 0.3) is 0 Å². The number of nitrogens with one attached hydrogen (secondary N) is 1. The van der Waals surface area contributed by atoms with Gasteiger partial charge in [-0.3, -0.25) is 0 Å². The fraction of sp³-hybridized carbons (Fsp3) is 1.00. The minimum Gasteiger partial charge on any atom is -0.337 e. The Labute approximate surface area is 113 Å². The first-order valence-corrected chi connectivity index (χ1v) is 20.5. The highest BCUT2D eigenvalue weighted by Gasteiger charge is 2.56. The summed E-state index contributed by atoms with van der Waals surface area (Å²) in [6, 6.07) is 0. The van der Waals surface area contributed by atoms with E-state index in [0.29, 0.717) is 0 Å². The van der Waals surface area contributed by atoms with Crippen molar-refractivity contribution in [3.8, 4) is 0 Å². The predicted octanol–water partition coefficient (Wildman–Crippen LogP) is 3.76. The lowest BCUT2D eigenvalue weighted by Gasteiger charge is -2.35. The molecule has 0 saturated heterocycles. The van der Waals surface area contributed by atoms with Crippen molar-refractivity contribution in [2.24, 2.45) is 0 Å². The highest BCUT2D eigenvalue weighted by molar-refractivity contribution is 8.02. The van der Waals surface area contributed by atoms with Gasteiger partial charge in [-0.2, -0.15) is 0 Å². The maximum Gasteiger partial charge on any atom is 0.375 e. The average Bonchev–Trinajstić information content (AvgIpc) is 1.80. The molecule has 1 N–H and O–H groups in total. The van der Waals surface area contributed by atoms with Gasteiger partial charge in [0.1, 0.15) is 7.75 Å². The quantitative estimate of drug-likeness (QED) is 0.591. The molecule has 0 fully saturated rings. The van der Waals surface area contributed by atoms with Crippen LogP contribution in [0.3, 0.4) is 0 Å². The van der Waals surface area contributed by atoms with Gasteiger partial charge in [-0.05, 0) is 0 Å². The van der Waals surface area contributed by atoms with Gasteiger partial charge in [-0.1, -0.05) is 26.2 Å². The Morgan fingerprint density at radius 2 is 1.29 bits per heavy atom. The van der Waals surface area contributed by atoms with Crippen LogP contribution in [0.15, 0.2) is 0 Å². The Bertz CT molecular complexity index is 202. The van der Waals surface area contributed by atoms with E-state index in [-0.39, 0.29) is 0 Å². The van der Waals surface area contributed by atoms with E-state index in [2.05, 4.69) is 30.8 Å². The predicted molar refractivity (Wildman–Crippen MR) is 78.9 cm³/mol. The van der Waals surface area contributed by atoms with Crippen LogP contribution in [-0.2, 0) is 0 Å². The number of hydrogen-bond donors (Lipinski definition) is 1. The van der Waals surface area contributed by atoms with E-state index in [1.54, 1.807) is 0 Å². The van der Waals surface area contributed by atoms with Crippen molar-refractivity contribution < 1.29 is 0 Å². The molecular weight excluding hydrogens is 352 g/mol. The van der Waals surface area contributed by atoms with Crippen molar-refractivity contribution in [1.29, 1.82) is 0 Å². The van der Waals surface area contributed by atoms with Crippen molar-refractivity contribution in [1.82, 2.24) is 4.65 Å². The summed E-state index contributed by atoms with van der Waals surface area (Å²) in [5, 5.41) is 0. The smallest absolute Gasteiger partial charge is 0.337 e. The van der Waals surface area contributed by atoms with Crippen LogP contribution in [0.25, 0.3) is 0 Å². The van der Waals surface area contributed by atoms with Crippen molar-refractivity contribution in [3.63, 3.8) is 0 Å². The second kappa shape index (κ2) is 5.28. The van der Waals surface area contributed by atoms with Gasteiger partial charge in [0.2, 0.25) is 0 Å². The van der Waals surface area contributed by atoms with Crippen LogP contribution in [0.5, 0.6) is 0 Å². The third-order valence-corrected chi connectivity index (χ3v) is 40.6. The average molecular weight is 365 g/mol. The molecule has 0 aliphatic heterocycles. The highest BCUT2D eigenvalue weighted by atomic mass is 35.9. The molecule has 10 heteroatoms. The summed E-state index contributed by atoms with van der Waals surface area (Å²) in [5.41, 5.74) is -3.01. The SMILES string of the molecule is C[Si](C)[Si](C)(C)N[Si](Cl)(Cl)[Si](Cl)(Cl)Cl. The van der Waals surface area contributed by atoms with Gasteiger partial charge in [0.05, 0.1) is 8.31 Å². The van der Waals surface area contributed by atoms with Gasteiger partial charge in [0, 0.05) is 0 Å². The molecule has 0 aromatic carbocycles. The molecule has 0 unspecified atom stereocenters. The van der Waals surface area contributed by atoms with E-state index in [1.807, 2.05) is 0 Å². The third-order valence-electron chi connectivity index (χ3n) is 2.08. The molecule has 1 nitrogen and oxygen atoms in total. The summed E-state index contributed by atoms with van der Waals surface area (Å²) in [4.78, 5) is 0. The van der Waals surface area contributed by atoms with Crippen LogP contribution < -0.4 is 4.65 Å². The van der Waals surface area contributed by atoms with Crippen molar-refractivity contribution in [2.45, 2.75) is 26.2 Å². The van der Waals surface area contributed by atoms with Crippen LogP contribution in [-0.4, -0.2) is 28.0 Å². The number of rotatable bonds is 4. The van der Waals surface area contributed by atoms with Gasteiger partial charge in [-0.25, -0.2) is 0 Å². The van der Waals surface area contributed by atoms with E-state index in [9.17, 15) is 0 Å². The molecule has 0 heterocycles. The molecule has 85 valence electrons. The van der Waals surface area contributed by atoms with E-state index in [0.717, 1.165) is 0 Å². The Hall–Kier alpha value is 2.28. The largest absolute Gasteiger partial charge is 0.375 e. The van der Waals surface area contributed by atoms with E-state index in [4.69, 9.17) is 55.4 Å². The Morgan fingerprint density at radius 1 is 0.929 bits per heavy atom. The summed E-state index contributed by atoms with van der Waals surface area (Å²) < 4.78 is 3.29. The molecule has 0 rings (SSSR count). The summed E-state index contributed by atoms with van der Waals surface area (Å²) in [5.74, 6) is 0. The lowest BCUT2D eigenvalue weighted by atomic mass is 11.9. The second-order valence-electron chi connectivity index (χ2n) is 3.82. The Kier molecular flexibility index (Phi) is 6.14. The van der Waals surface area contributed by atoms with Crippen molar-refractivity contribution >= 4 is 83.4 Å². The molecule has 0 aromatic rings. The molecule has 0 spiro atoms. The Balaban J connectivity index is 4.67. The van der Waals surface area contributed by atoms with Gasteiger partial charge >= 0.3 is 11.9 Å². The highest BCUT2D eigenvalue weighted by Crippen LogP contribution is 2.36. The van der Waals surface area contributed by atoms with Crippen molar-refractivity contribution in [2.75, 3.05) is 0 Å². The maximum absolute atomic E-state index is 6.15. The topological polar surface area (TPSA) is 12.0 Å². The number of hydrogen-bond acceptors (Lipinski definition) is 1. The minimum absolute atomic E-state index is 0.463. The molecule has 0 saturated carbocycles. The minimum atomic E-state index is -3.01. The van der Waals surface area contributed by atoms with E-state index >= 15 is 0 Å². The standard InChI is InChI=1S/C4H13Cl5NSi4/c1-11(2)12(3,4)10-14(8,9)13(5,6)7/h10H,1-4H3. The van der Waals surface area contributed by atoms with Crippen LogP contribution in [0.1, 0.15) is 0 Å². The molecule has 0 bridgehead atoms. The third kappa shape index (κ3) is 4.65. The second-order valence-corrected chi connectivity index (χ2v) is 39.0. The van der Waals surface area contributed by atoms with Crippen LogP contribution in [0.2, 0.25) is 26.2 Å². The lowest BCUT2D eigenvalue weighted by Crippen LogP contribution is -2.69. The van der Waals surface area contributed by atoms with E-state index < -0.39 is 28.0 Å². The van der Waals surface area contributed by atoms with Crippen LogP contribution in [0, 0.1) is 0 Å². The monoisotopic (exact) mass is 362 g/mol. The molecule has 0 aliphatic carbocycles. The molecule has 0 amide bonds. The van der Waals surface area contributed by atoms with Gasteiger partial charge in [-0.15, -0.1) is 55.4 Å². The molecule has 14 heavy (non-hydrogen) atoms. The molecular formula is C4H13Cl5NSi4. The van der Waals surface area contributed by atoms with Crippen molar-refractivity contribution in [3.05, 3.63) is 0 Å². The fourth-order valence-electron chi connectivity index (χ4n) is 0.588. The maximum atomic E-state index is 6.15. The summed E-state index contributed by atoms with van der Waals surface area (Å²) in [6.45, 7) is 8.81. The zero-order chi connectivity index (χ0) is 11.8. The zero-order valence-corrected chi connectivity index (χ0v) is 16.2. The van der Waals surface area contributed by atoms with Crippen LogP contribution >= 0.6 is 55.4 Å². The first-order chi connectivity index (χ1) is 5.90. The van der Waals surface area contributed by atoms with Gasteiger partial charge < -0.3 is 4.65 Å². The molecule has 0 aliphatic rings. The first-order valence-electron chi connectivity index (χ1n) is 3.94. The summed E-state index contributed by atoms with van der Waals surface area (Å²) >= 11 is 29.9.